The summed E-state index contributed by atoms with van der Waals surface area (Å²) in [6.45, 7) is 4.32. The number of hydrogen-bond acceptors (Lipinski definition) is 8. The Morgan fingerprint density at radius 2 is 1.89 bits per heavy atom. The lowest BCUT2D eigenvalue weighted by Crippen LogP contribution is -2.23. The maximum Gasteiger partial charge on any atom is 0.319 e. The van der Waals surface area contributed by atoms with Crippen LogP contribution in [0.25, 0.3) is 0 Å². The van der Waals surface area contributed by atoms with E-state index in [-0.39, 0.29) is 18.8 Å². The summed E-state index contributed by atoms with van der Waals surface area (Å²) < 4.78 is 20.6. The lowest BCUT2D eigenvalue weighted by atomic mass is 10.0. The molecule has 0 unspecified atom stereocenters. The van der Waals surface area contributed by atoms with Crippen molar-refractivity contribution in [3.8, 4) is 5.75 Å². The quantitative estimate of drug-likeness (QED) is 0.224. The number of carbonyl (C=O) groups excluding carboxylic acids is 1. The van der Waals surface area contributed by atoms with Gasteiger partial charge >= 0.3 is 5.97 Å². The normalized spacial score (nSPS) is 10.6. The number of nitrogens with one attached hydrogen (secondary N) is 1. The number of hydrogen-bond donors (Lipinski definition) is 1. The van der Waals surface area contributed by atoms with Gasteiger partial charge in [-0.2, -0.15) is 0 Å². The molecule has 0 radical (unpaired) electrons. The van der Waals surface area contributed by atoms with Gasteiger partial charge in [0.2, 0.25) is 0 Å². The monoisotopic (exact) mass is 384 g/mol. The fourth-order valence-electron chi connectivity index (χ4n) is 2.45. The molecule has 0 atom stereocenters. The predicted octanol–water partition coefficient (Wildman–Crippen LogP) is 1.85. The zero-order valence-corrected chi connectivity index (χ0v) is 16.1. The molecule has 1 aromatic carbocycles. The molecule has 9 heteroatoms. The van der Waals surface area contributed by atoms with Crippen molar-refractivity contribution in [2.24, 2.45) is 0 Å². The van der Waals surface area contributed by atoms with E-state index in [1.165, 1.54) is 20.3 Å². The minimum absolute atomic E-state index is 0.0135. The molecule has 0 aliphatic carbocycles. The summed E-state index contributed by atoms with van der Waals surface area (Å²) in [6.07, 6.45) is 1.30. The molecule has 0 spiro atoms. The molecule has 0 heterocycles. The number of nitrogens with zero attached hydrogens (tertiary/aromatic N) is 1. The number of nitro benzene ring substituents is 1. The van der Waals surface area contributed by atoms with Gasteiger partial charge in [0.15, 0.2) is 0 Å². The van der Waals surface area contributed by atoms with Crippen molar-refractivity contribution in [3.05, 3.63) is 33.4 Å². The van der Waals surface area contributed by atoms with Gasteiger partial charge in [0.25, 0.3) is 5.69 Å². The summed E-state index contributed by atoms with van der Waals surface area (Å²) in [5, 5.41) is 14.2. The van der Waals surface area contributed by atoms with Crippen LogP contribution in [0.4, 0.5) is 5.69 Å². The molecule has 1 aromatic rings. The second kappa shape index (κ2) is 13.0. The molecule has 1 rings (SSSR count). The summed E-state index contributed by atoms with van der Waals surface area (Å²) in [6, 6.07) is 3.15. The number of rotatable bonds is 14. The van der Waals surface area contributed by atoms with Gasteiger partial charge in [-0.25, -0.2) is 0 Å². The first kappa shape index (κ1) is 22.8. The van der Waals surface area contributed by atoms with Crippen molar-refractivity contribution in [1.82, 2.24) is 5.32 Å². The highest BCUT2D eigenvalue weighted by Crippen LogP contribution is 2.29. The van der Waals surface area contributed by atoms with Crippen molar-refractivity contribution in [2.75, 3.05) is 47.2 Å². The van der Waals surface area contributed by atoms with E-state index in [1.807, 2.05) is 6.92 Å². The number of methoxy groups -OCH3 is 2. The lowest BCUT2D eigenvalue weighted by molar-refractivity contribution is -0.385. The molecular weight excluding hydrogens is 356 g/mol. The van der Waals surface area contributed by atoms with Crippen LogP contribution < -0.4 is 10.1 Å². The summed E-state index contributed by atoms with van der Waals surface area (Å²) >= 11 is 0. The number of nitro groups is 1. The highest BCUT2D eigenvalue weighted by Gasteiger charge is 2.18. The summed E-state index contributed by atoms with van der Waals surface area (Å²) in [7, 11) is 2.81. The third-order valence-electron chi connectivity index (χ3n) is 3.80. The van der Waals surface area contributed by atoms with Crippen molar-refractivity contribution < 1.29 is 28.7 Å². The van der Waals surface area contributed by atoms with Crippen LogP contribution in [-0.4, -0.2) is 58.1 Å². The second-order valence-electron chi connectivity index (χ2n) is 5.64. The van der Waals surface area contributed by atoms with Gasteiger partial charge in [0.1, 0.15) is 5.75 Å². The molecule has 0 saturated heterocycles. The van der Waals surface area contributed by atoms with Crippen molar-refractivity contribution in [1.29, 1.82) is 0 Å². The van der Waals surface area contributed by atoms with Gasteiger partial charge in [0.05, 0.1) is 38.9 Å². The minimum atomic E-state index is -0.439. The fourth-order valence-corrected chi connectivity index (χ4v) is 2.45. The maximum atomic E-state index is 11.4. The molecule has 0 aliphatic rings. The molecule has 0 saturated carbocycles. The Labute approximate surface area is 159 Å². The molecular formula is C18H28N2O7. The molecule has 0 fully saturated rings. The Balaban J connectivity index is 2.71. The molecule has 27 heavy (non-hydrogen) atoms. The number of benzene rings is 1. The number of esters is 1. The predicted molar refractivity (Wildman–Crippen MR) is 99.0 cm³/mol. The molecule has 0 bridgehead atoms. The lowest BCUT2D eigenvalue weighted by Gasteiger charge is -2.12. The Morgan fingerprint density at radius 1 is 1.15 bits per heavy atom. The maximum absolute atomic E-state index is 11.4. The van der Waals surface area contributed by atoms with Crippen LogP contribution >= 0.6 is 0 Å². The molecule has 152 valence electrons. The number of aryl methyl sites for hydroxylation is 1. The van der Waals surface area contributed by atoms with Crippen LogP contribution in [0.2, 0.25) is 0 Å². The molecule has 0 aliphatic heterocycles. The highest BCUT2D eigenvalue weighted by atomic mass is 16.6. The second-order valence-corrected chi connectivity index (χ2v) is 5.64. The van der Waals surface area contributed by atoms with Gasteiger partial charge in [-0.1, -0.05) is 0 Å². The molecule has 0 amide bonds. The summed E-state index contributed by atoms with van der Waals surface area (Å²) in [5.74, 6) is 0.135. The highest BCUT2D eigenvalue weighted by molar-refractivity contribution is 5.71. The van der Waals surface area contributed by atoms with Gasteiger partial charge in [-0.3, -0.25) is 14.9 Å². The van der Waals surface area contributed by atoms with E-state index in [0.717, 1.165) is 5.56 Å². The van der Waals surface area contributed by atoms with Crippen LogP contribution in [0.5, 0.6) is 5.75 Å². The van der Waals surface area contributed by atoms with E-state index in [0.29, 0.717) is 50.6 Å². The summed E-state index contributed by atoms with van der Waals surface area (Å²) in [5.41, 5.74) is 1.17. The largest absolute Gasteiger partial charge is 0.496 e. The first-order valence-corrected chi connectivity index (χ1v) is 8.80. The standard InChI is InChI=1S/C18H28N2O7/c1-4-26-8-9-27-7-5-6-14-10-16(20(22)23)15(11-17(14)24-2)12-19-13-18(21)25-3/h10-11,19H,4-9,12-13H2,1-3H3. The van der Waals surface area contributed by atoms with Gasteiger partial charge < -0.3 is 24.3 Å². The average Bonchev–Trinajstić information content (AvgIpc) is 2.67. The SMILES string of the molecule is CCOCCOCCCc1cc([N+](=O)[O-])c(CNCC(=O)OC)cc1OC. The van der Waals surface area contributed by atoms with Gasteiger partial charge in [-0.15, -0.1) is 0 Å². The topological polar surface area (TPSA) is 109 Å². The van der Waals surface area contributed by atoms with Crippen LogP contribution in [0.1, 0.15) is 24.5 Å². The van der Waals surface area contributed by atoms with Crippen molar-refractivity contribution >= 4 is 11.7 Å². The van der Waals surface area contributed by atoms with Crippen LogP contribution in [0.15, 0.2) is 12.1 Å². The van der Waals surface area contributed by atoms with Gasteiger partial charge in [-0.05, 0) is 25.8 Å². The Morgan fingerprint density at radius 3 is 2.52 bits per heavy atom. The van der Waals surface area contributed by atoms with Gasteiger partial charge in [0, 0.05) is 37.0 Å². The Hall–Kier alpha value is -2.23. The van der Waals surface area contributed by atoms with E-state index in [4.69, 9.17) is 14.2 Å². The van der Waals surface area contributed by atoms with E-state index in [2.05, 4.69) is 10.1 Å². The molecule has 9 nitrogen and oxygen atoms in total. The smallest absolute Gasteiger partial charge is 0.319 e. The molecule has 1 N–H and O–H groups in total. The van der Waals surface area contributed by atoms with E-state index in [9.17, 15) is 14.9 Å². The average molecular weight is 384 g/mol. The van der Waals surface area contributed by atoms with E-state index < -0.39 is 10.9 Å². The van der Waals surface area contributed by atoms with E-state index in [1.54, 1.807) is 6.07 Å². The van der Waals surface area contributed by atoms with Crippen LogP contribution in [0.3, 0.4) is 0 Å². The fraction of sp³-hybridized carbons (Fsp3) is 0.611. The van der Waals surface area contributed by atoms with Crippen LogP contribution in [-0.2, 0) is 32.0 Å². The van der Waals surface area contributed by atoms with E-state index >= 15 is 0 Å². The van der Waals surface area contributed by atoms with Crippen LogP contribution in [0, 0.1) is 10.1 Å². The Kier molecular flexibility index (Phi) is 11.0. The Bertz CT molecular complexity index is 608. The zero-order chi connectivity index (χ0) is 20.1. The van der Waals surface area contributed by atoms with Crippen molar-refractivity contribution in [3.63, 3.8) is 0 Å². The molecule has 0 aromatic heterocycles. The number of ether oxygens (including phenoxy) is 4. The third kappa shape index (κ3) is 8.33. The minimum Gasteiger partial charge on any atom is -0.496 e. The third-order valence-corrected chi connectivity index (χ3v) is 3.80. The van der Waals surface area contributed by atoms with Crippen molar-refractivity contribution in [2.45, 2.75) is 26.3 Å². The summed E-state index contributed by atoms with van der Waals surface area (Å²) in [4.78, 5) is 22.1. The zero-order valence-electron chi connectivity index (χ0n) is 16.1. The first-order chi connectivity index (χ1) is 13.0. The first-order valence-electron chi connectivity index (χ1n) is 8.80. The number of carbonyl (C=O) groups is 1.